The van der Waals surface area contributed by atoms with E-state index in [1.807, 2.05) is 13.0 Å². The van der Waals surface area contributed by atoms with Crippen molar-refractivity contribution in [1.82, 2.24) is 5.32 Å². The van der Waals surface area contributed by atoms with Crippen molar-refractivity contribution in [2.75, 3.05) is 0 Å². The summed E-state index contributed by atoms with van der Waals surface area (Å²) in [5, 5.41) is 14.0. The van der Waals surface area contributed by atoms with Gasteiger partial charge in [-0.25, -0.2) is 0 Å². The van der Waals surface area contributed by atoms with Gasteiger partial charge in [0.05, 0.1) is 21.5 Å². The van der Waals surface area contributed by atoms with E-state index in [4.69, 9.17) is 23.2 Å². The Morgan fingerprint density at radius 2 is 1.73 bits per heavy atom. The molecular weight excluding hydrogens is 396 g/mol. The van der Waals surface area contributed by atoms with Gasteiger partial charge in [-0.3, -0.25) is 4.57 Å². The zero-order chi connectivity index (χ0) is 19.5. The molecule has 0 fully saturated rings. The van der Waals surface area contributed by atoms with Gasteiger partial charge in [0.15, 0.2) is 0 Å². The molecule has 0 aliphatic heterocycles. The minimum atomic E-state index is -4.33. The summed E-state index contributed by atoms with van der Waals surface area (Å²) in [6, 6.07) is 9.99. The first-order chi connectivity index (χ1) is 12.1. The van der Waals surface area contributed by atoms with Crippen LogP contribution in [0, 0.1) is 0 Å². The van der Waals surface area contributed by atoms with Crippen molar-refractivity contribution in [3.05, 3.63) is 63.1 Å². The van der Waals surface area contributed by atoms with E-state index in [0.29, 0.717) is 28.6 Å². The summed E-state index contributed by atoms with van der Waals surface area (Å²) in [6.45, 7) is 4.10. The van der Waals surface area contributed by atoms with Gasteiger partial charge in [0.25, 0.3) is 0 Å². The highest BCUT2D eigenvalue weighted by Gasteiger charge is 2.19. The maximum atomic E-state index is 11.5. The lowest BCUT2D eigenvalue weighted by atomic mass is 10.0. The second-order valence-electron chi connectivity index (χ2n) is 6.33. The Kier molecular flexibility index (Phi) is 7.28. The van der Waals surface area contributed by atoms with Gasteiger partial charge in [-0.2, -0.15) is 0 Å². The van der Waals surface area contributed by atoms with Crippen LogP contribution in [0.1, 0.15) is 36.6 Å². The van der Waals surface area contributed by atoms with E-state index in [9.17, 15) is 19.5 Å². The van der Waals surface area contributed by atoms with Crippen LogP contribution in [0.25, 0.3) is 0 Å². The SMILES string of the molecule is C[C@H](O)Cc1cc(P(=O)(O)O)ccc1CN[C@@H](C)c1ccc(Cl)c(Cl)c1. The minimum absolute atomic E-state index is 0.00868. The average molecular weight is 418 g/mol. The second-order valence-corrected chi connectivity index (χ2v) is 8.75. The molecule has 2 rings (SSSR count). The van der Waals surface area contributed by atoms with Crippen molar-refractivity contribution >= 4 is 36.1 Å². The molecule has 26 heavy (non-hydrogen) atoms. The van der Waals surface area contributed by atoms with Crippen molar-refractivity contribution in [3.8, 4) is 0 Å². The first-order valence-corrected chi connectivity index (χ1v) is 10.5. The molecule has 142 valence electrons. The highest BCUT2D eigenvalue weighted by molar-refractivity contribution is 7.60. The molecule has 0 radical (unpaired) electrons. The van der Waals surface area contributed by atoms with E-state index in [1.165, 1.54) is 12.1 Å². The Bertz CT molecular complexity index is 823. The van der Waals surface area contributed by atoms with E-state index in [1.54, 1.807) is 25.1 Å². The Morgan fingerprint density at radius 1 is 1.04 bits per heavy atom. The number of halogens is 2. The number of hydrogen-bond acceptors (Lipinski definition) is 3. The van der Waals surface area contributed by atoms with Crippen molar-refractivity contribution in [1.29, 1.82) is 0 Å². The maximum absolute atomic E-state index is 11.5. The van der Waals surface area contributed by atoms with Gasteiger partial charge in [-0.15, -0.1) is 0 Å². The molecule has 0 heterocycles. The van der Waals surface area contributed by atoms with Crippen molar-refractivity contribution in [2.45, 2.75) is 39.0 Å². The largest absolute Gasteiger partial charge is 0.393 e. The highest BCUT2D eigenvalue weighted by atomic mass is 35.5. The van der Waals surface area contributed by atoms with Crippen LogP contribution >= 0.6 is 30.8 Å². The molecule has 2 aromatic carbocycles. The first kappa shape index (κ1) is 21.4. The predicted molar refractivity (Wildman–Crippen MR) is 105 cm³/mol. The molecule has 4 N–H and O–H groups in total. The Labute approximate surface area is 163 Å². The van der Waals surface area contributed by atoms with Gasteiger partial charge in [0.2, 0.25) is 0 Å². The molecular formula is C18H22Cl2NO4P. The van der Waals surface area contributed by atoms with Gasteiger partial charge in [-0.1, -0.05) is 35.3 Å². The van der Waals surface area contributed by atoms with Crippen molar-refractivity contribution in [3.63, 3.8) is 0 Å². The molecule has 2 aromatic rings. The summed E-state index contributed by atoms with van der Waals surface area (Å²) in [5.74, 6) is 0. The number of aliphatic hydroxyl groups excluding tert-OH is 1. The van der Waals surface area contributed by atoms with E-state index >= 15 is 0 Å². The van der Waals surface area contributed by atoms with Crippen LogP contribution in [-0.4, -0.2) is 21.0 Å². The molecule has 0 aliphatic carbocycles. The number of benzene rings is 2. The minimum Gasteiger partial charge on any atom is -0.393 e. The normalized spacial score (nSPS) is 14.3. The maximum Gasteiger partial charge on any atom is 0.356 e. The topological polar surface area (TPSA) is 89.8 Å². The second kappa shape index (κ2) is 8.85. The molecule has 0 spiro atoms. The van der Waals surface area contributed by atoms with Gasteiger partial charge < -0.3 is 20.2 Å². The average Bonchev–Trinajstić information content (AvgIpc) is 2.54. The molecule has 0 saturated carbocycles. The Morgan fingerprint density at radius 3 is 2.31 bits per heavy atom. The Hall–Kier alpha value is -0.910. The van der Waals surface area contributed by atoms with Crippen LogP contribution in [0.15, 0.2) is 36.4 Å². The standard InChI is InChI=1S/C18H22Cl2NO4P/c1-11(22)7-15-8-16(26(23,24)25)5-3-14(15)10-21-12(2)13-4-6-17(19)18(20)9-13/h3-6,8-9,11-12,21-22H,7,10H2,1-2H3,(H2,23,24,25)/t11-,12-/m0/s1. The summed E-state index contributed by atoms with van der Waals surface area (Å²) in [4.78, 5) is 18.7. The third-order valence-electron chi connectivity index (χ3n) is 4.08. The fourth-order valence-corrected chi connectivity index (χ4v) is 3.54. The zero-order valence-corrected chi connectivity index (χ0v) is 16.9. The molecule has 0 unspecified atom stereocenters. The third-order valence-corrected chi connectivity index (χ3v) is 5.77. The number of nitrogens with one attached hydrogen (secondary N) is 1. The van der Waals surface area contributed by atoms with Crippen LogP contribution in [0.2, 0.25) is 10.0 Å². The van der Waals surface area contributed by atoms with E-state index < -0.39 is 13.7 Å². The van der Waals surface area contributed by atoms with Crippen molar-refractivity contribution < 1.29 is 19.5 Å². The number of rotatable bonds is 7. The lowest BCUT2D eigenvalue weighted by molar-refractivity contribution is 0.195. The monoisotopic (exact) mass is 417 g/mol. The van der Waals surface area contributed by atoms with Crippen LogP contribution in [0.4, 0.5) is 0 Å². The predicted octanol–water partition coefficient (Wildman–Crippen LogP) is 3.57. The van der Waals surface area contributed by atoms with Crippen LogP contribution < -0.4 is 10.6 Å². The highest BCUT2D eigenvalue weighted by Crippen LogP contribution is 2.34. The van der Waals surface area contributed by atoms with Gasteiger partial charge in [0, 0.05) is 12.6 Å². The Balaban J connectivity index is 2.19. The third kappa shape index (κ3) is 5.80. The fourth-order valence-electron chi connectivity index (χ4n) is 2.64. The molecule has 5 nitrogen and oxygen atoms in total. The lowest BCUT2D eigenvalue weighted by Gasteiger charge is -2.18. The van der Waals surface area contributed by atoms with Crippen molar-refractivity contribution in [2.24, 2.45) is 0 Å². The molecule has 0 aliphatic rings. The van der Waals surface area contributed by atoms with Gasteiger partial charge in [0.1, 0.15) is 0 Å². The number of hydrogen-bond donors (Lipinski definition) is 4. The van der Waals surface area contributed by atoms with Gasteiger partial charge >= 0.3 is 7.60 Å². The van der Waals surface area contributed by atoms with Gasteiger partial charge in [-0.05, 0) is 61.2 Å². The van der Waals surface area contributed by atoms with Crippen LogP contribution in [-0.2, 0) is 17.5 Å². The summed E-state index contributed by atoms with van der Waals surface area (Å²) >= 11 is 12.0. The molecule has 8 heteroatoms. The summed E-state index contributed by atoms with van der Waals surface area (Å²) in [5.41, 5.74) is 2.55. The van der Waals surface area contributed by atoms with E-state index in [0.717, 1.165) is 11.1 Å². The summed E-state index contributed by atoms with van der Waals surface area (Å²) in [7, 11) is -4.33. The summed E-state index contributed by atoms with van der Waals surface area (Å²) in [6.07, 6.45) is -0.306. The molecule has 0 aromatic heterocycles. The zero-order valence-electron chi connectivity index (χ0n) is 14.5. The fraction of sp³-hybridized carbons (Fsp3) is 0.333. The molecule has 0 bridgehead atoms. The lowest BCUT2D eigenvalue weighted by Crippen LogP contribution is -2.21. The van der Waals surface area contributed by atoms with E-state index in [2.05, 4.69) is 5.32 Å². The first-order valence-electron chi connectivity index (χ1n) is 8.12. The summed E-state index contributed by atoms with van der Waals surface area (Å²) < 4.78 is 11.5. The van der Waals surface area contributed by atoms with Crippen LogP contribution in [0.3, 0.4) is 0 Å². The quantitative estimate of drug-likeness (QED) is 0.517. The molecule has 0 amide bonds. The molecule has 0 saturated heterocycles. The molecule has 2 atom stereocenters. The van der Waals surface area contributed by atoms with Crippen LogP contribution in [0.5, 0.6) is 0 Å². The smallest absolute Gasteiger partial charge is 0.356 e. The number of aliphatic hydroxyl groups is 1. The van der Waals surface area contributed by atoms with E-state index in [-0.39, 0.29) is 11.3 Å².